The van der Waals surface area contributed by atoms with Crippen molar-refractivity contribution >= 4 is 52.0 Å². The van der Waals surface area contributed by atoms with Crippen LogP contribution in [0.3, 0.4) is 0 Å². The number of imide groups is 1. The van der Waals surface area contributed by atoms with Crippen LogP contribution < -0.4 is 9.80 Å². The summed E-state index contributed by atoms with van der Waals surface area (Å²) in [6, 6.07) is 4.80. The van der Waals surface area contributed by atoms with Gasteiger partial charge in [-0.3, -0.25) is 9.69 Å². The van der Waals surface area contributed by atoms with Gasteiger partial charge < -0.3 is 9.64 Å². The van der Waals surface area contributed by atoms with Gasteiger partial charge in [0.25, 0.3) is 5.91 Å². The fraction of sp³-hybridized carbons (Fsp3) is 0.308. The molecule has 1 aliphatic rings. The summed E-state index contributed by atoms with van der Waals surface area (Å²) in [4.78, 5) is 46.0. The Morgan fingerprint density at radius 2 is 1.75 bits per heavy atom. The summed E-state index contributed by atoms with van der Waals surface area (Å²) in [5.41, 5.74) is -2.79. The Morgan fingerprint density at radius 3 is 2.38 bits per heavy atom. The highest BCUT2D eigenvalue weighted by Crippen LogP contribution is 2.38. The number of amides is 4. The van der Waals surface area contributed by atoms with Crippen molar-refractivity contribution in [2.75, 3.05) is 23.4 Å². The number of benzene rings is 2. The number of alkyl halides is 3. The third-order valence-corrected chi connectivity index (χ3v) is 6.31. The average molecular weight is 585 g/mol. The van der Waals surface area contributed by atoms with Crippen molar-refractivity contribution in [3.63, 3.8) is 0 Å². The maximum atomic E-state index is 14.7. The second-order valence-corrected chi connectivity index (χ2v) is 10.3. The lowest BCUT2D eigenvalue weighted by Gasteiger charge is -2.27. The van der Waals surface area contributed by atoms with Crippen LogP contribution in [0.5, 0.6) is 0 Å². The Bertz CT molecular complexity index is 1530. The molecule has 2 aromatic carbocycles. The number of likely N-dealkylation sites (N-methyl/N-ethyl adjacent to an activating group) is 1. The minimum absolute atomic E-state index is 0.133. The second kappa shape index (κ2) is 10.2. The molecule has 0 unspecified atom stereocenters. The Balaban J connectivity index is 1.85. The fourth-order valence-corrected chi connectivity index (χ4v) is 4.31. The highest BCUT2D eigenvalue weighted by Gasteiger charge is 2.49. The Morgan fingerprint density at radius 1 is 1.10 bits per heavy atom. The predicted octanol–water partition coefficient (Wildman–Crippen LogP) is 6.39. The van der Waals surface area contributed by atoms with E-state index in [4.69, 9.17) is 16.3 Å². The van der Waals surface area contributed by atoms with E-state index >= 15 is 0 Å². The molecule has 2 heterocycles. The van der Waals surface area contributed by atoms with Crippen LogP contribution in [0.4, 0.5) is 43.0 Å². The SMILES string of the molecule is CN(C(=O)[C@@H]1CN(C(=O)OC(C)(C)C)C(=O)N1c1cc(C(F)(F)F)c2ccccc2n1)c1ccc(F)c(Cl)c1F. The molecule has 0 N–H and O–H groups in total. The number of carbonyl (C=O) groups is 3. The van der Waals surface area contributed by atoms with Crippen molar-refractivity contribution in [2.45, 2.75) is 38.6 Å². The molecule has 0 saturated carbocycles. The first-order valence-corrected chi connectivity index (χ1v) is 12.1. The van der Waals surface area contributed by atoms with Gasteiger partial charge in [0.1, 0.15) is 28.3 Å². The molecule has 4 rings (SSSR count). The number of hydrogen-bond donors (Lipinski definition) is 0. The summed E-state index contributed by atoms with van der Waals surface area (Å²) in [6.07, 6.45) is -6.02. The molecule has 0 radical (unpaired) electrons. The van der Waals surface area contributed by atoms with E-state index in [2.05, 4.69) is 4.98 Å². The van der Waals surface area contributed by atoms with Gasteiger partial charge in [-0.2, -0.15) is 13.2 Å². The molecule has 0 aliphatic carbocycles. The quantitative estimate of drug-likeness (QED) is 0.263. The minimum atomic E-state index is -4.87. The van der Waals surface area contributed by atoms with Crippen molar-refractivity contribution < 1.29 is 41.1 Å². The van der Waals surface area contributed by atoms with Crippen molar-refractivity contribution in [3.8, 4) is 0 Å². The molecule has 40 heavy (non-hydrogen) atoms. The van der Waals surface area contributed by atoms with E-state index < -0.39 is 76.1 Å². The molecule has 3 aromatic rings. The topological polar surface area (TPSA) is 83.1 Å². The number of pyridine rings is 1. The maximum Gasteiger partial charge on any atom is 0.418 e. The Kier molecular flexibility index (Phi) is 7.39. The molecule has 1 atom stereocenters. The van der Waals surface area contributed by atoms with Crippen LogP contribution in [-0.4, -0.2) is 53.2 Å². The minimum Gasteiger partial charge on any atom is -0.443 e. The zero-order valence-corrected chi connectivity index (χ0v) is 22.3. The van der Waals surface area contributed by atoms with E-state index in [0.717, 1.165) is 24.1 Å². The summed E-state index contributed by atoms with van der Waals surface area (Å²) in [5.74, 6) is -3.96. The molecule has 1 fully saturated rings. The van der Waals surface area contributed by atoms with Gasteiger partial charge in [0, 0.05) is 12.4 Å². The van der Waals surface area contributed by atoms with Crippen LogP contribution in [-0.2, 0) is 15.7 Å². The largest absolute Gasteiger partial charge is 0.443 e. The van der Waals surface area contributed by atoms with Gasteiger partial charge in [-0.1, -0.05) is 29.8 Å². The third-order valence-electron chi connectivity index (χ3n) is 5.96. The molecule has 4 amide bonds. The molecule has 0 bridgehead atoms. The lowest BCUT2D eigenvalue weighted by atomic mass is 10.1. The van der Waals surface area contributed by atoms with Gasteiger partial charge in [-0.15, -0.1) is 0 Å². The van der Waals surface area contributed by atoms with E-state index in [-0.39, 0.29) is 10.9 Å². The van der Waals surface area contributed by atoms with E-state index in [1.165, 1.54) is 45.0 Å². The fourth-order valence-electron chi connectivity index (χ4n) is 4.15. The predicted molar refractivity (Wildman–Crippen MR) is 136 cm³/mol. The van der Waals surface area contributed by atoms with Crippen LogP contribution in [0.15, 0.2) is 42.5 Å². The molecular formula is C26H22ClF5N4O4. The first-order valence-electron chi connectivity index (χ1n) is 11.7. The van der Waals surface area contributed by atoms with Crippen molar-refractivity contribution in [3.05, 3.63) is 64.7 Å². The molecule has 1 aromatic heterocycles. The normalized spacial score (nSPS) is 16.1. The summed E-state index contributed by atoms with van der Waals surface area (Å²) >= 11 is 5.64. The number of rotatable bonds is 3. The van der Waals surface area contributed by atoms with E-state index in [9.17, 15) is 36.3 Å². The van der Waals surface area contributed by atoms with Gasteiger partial charge in [0.2, 0.25) is 0 Å². The summed E-state index contributed by atoms with van der Waals surface area (Å²) < 4.78 is 75.7. The van der Waals surface area contributed by atoms with Crippen LogP contribution >= 0.6 is 11.6 Å². The Labute approximate surface area is 229 Å². The summed E-state index contributed by atoms with van der Waals surface area (Å²) in [6.45, 7) is 3.92. The smallest absolute Gasteiger partial charge is 0.418 e. The number of fused-ring (bicyclic) bond motifs is 1. The third kappa shape index (κ3) is 5.37. The highest BCUT2D eigenvalue weighted by molar-refractivity contribution is 6.31. The van der Waals surface area contributed by atoms with Crippen LogP contribution in [0, 0.1) is 11.6 Å². The number of carbonyl (C=O) groups excluding carboxylic acids is 3. The Hall–Kier alpha value is -4.00. The number of halogens is 6. The van der Waals surface area contributed by atoms with Crippen molar-refractivity contribution in [1.29, 1.82) is 0 Å². The maximum absolute atomic E-state index is 14.7. The van der Waals surface area contributed by atoms with Crippen LogP contribution in [0.1, 0.15) is 26.3 Å². The second-order valence-electron chi connectivity index (χ2n) is 9.89. The number of anilines is 2. The molecule has 0 spiro atoms. The van der Waals surface area contributed by atoms with Gasteiger partial charge >= 0.3 is 18.3 Å². The monoisotopic (exact) mass is 584 g/mol. The molecular weight excluding hydrogens is 563 g/mol. The number of aromatic nitrogens is 1. The summed E-state index contributed by atoms with van der Waals surface area (Å²) in [7, 11) is 1.10. The number of nitrogens with zero attached hydrogens (tertiary/aromatic N) is 4. The first-order chi connectivity index (χ1) is 18.5. The number of urea groups is 1. The highest BCUT2D eigenvalue weighted by atomic mass is 35.5. The lowest BCUT2D eigenvalue weighted by Crippen LogP contribution is -2.47. The van der Waals surface area contributed by atoms with Crippen molar-refractivity contribution in [2.24, 2.45) is 0 Å². The molecule has 1 aliphatic heterocycles. The zero-order valence-electron chi connectivity index (χ0n) is 21.5. The van der Waals surface area contributed by atoms with Gasteiger partial charge in [0.05, 0.1) is 23.3 Å². The van der Waals surface area contributed by atoms with Crippen molar-refractivity contribution in [1.82, 2.24) is 9.88 Å². The van der Waals surface area contributed by atoms with E-state index in [1.807, 2.05) is 0 Å². The molecule has 1 saturated heterocycles. The van der Waals surface area contributed by atoms with E-state index in [1.54, 1.807) is 0 Å². The van der Waals surface area contributed by atoms with Gasteiger partial charge in [0.15, 0.2) is 5.82 Å². The summed E-state index contributed by atoms with van der Waals surface area (Å²) in [5, 5.41) is -1.14. The zero-order chi connectivity index (χ0) is 29.7. The number of para-hydroxylation sites is 1. The first kappa shape index (κ1) is 29.0. The van der Waals surface area contributed by atoms with Crippen LogP contribution in [0.2, 0.25) is 5.02 Å². The number of ether oxygens (including phenoxy) is 1. The molecule has 14 heteroatoms. The number of hydrogen-bond acceptors (Lipinski definition) is 5. The molecule has 212 valence electrons. The molecule has 8 nitrogen and oxygen atoms in total. The lowest BCUT2D eigenvalue weighted by molar-refractivity contribution is -0.136. The van der Waals surface area contributed by atoms with Gasteiger partial charge in [-0.05, 0) is 45.0 Å². The van der Waals surface area contributed by atoms with Gasteiger partial charge in [-0.25, -0.2) is 28.3 Å². The van der Waals surface area contributed by atoms with Crippen LogP contribution in [0.25, 0.3) is 10.9 Å². The standard InChI is InChI=1S/C26H22ClF5N4O4/c1-25(2,3)40-24(39)35-12-18(22(37)34(4)17-10-9-15(28)20(27)21(17)29)36(23(35)38)19-11-14(26(30,31)32)13-7-5-6-8-16(13)33-19/h5-11,18H,12H2,1-4H3/t18-/m0/s1. The van der Waals surface area contributed by atoms with E-state index in [0.29, 0.717) is 15.9 Å². The average Bonchev–Trinajstić information content (AvgIpc) is 3.21.